The third kappa shape index (κ3) is 5.24. The first-order chi connectivity index (χ1) is 16.3. The van der Waals surface area contributed by atoms with Crippen LogP contribution >= 0.6 is 0 Å². The van der Waals surface area contributed by atoms with Crippen molar-refractivity contribution in [3.8, 4) is 5.88 Å². The lowest BCUT2D eigenvalue weighted by Gasteiger charge is -2.12. The van der Waals surface area contributed by atoms with Crippen molar-refractivity contribution in [1.82, 2.24) is 9.88 Å². The first-order valence-corrected chi connectivity index (χ1v) is 10.7. The van der Waals surface area contributed by atoms with Crippen molar-refractivity contribution in [2.45, 2.75) is 6.54 Å². The number of aliphatic imine (C=N–C) groups is 1. The van der Waals surface area contributed by atoms with Crippen molar-refractivity contribution in [3.63, 3.8) is 0 Å². The summed E-state index contributed by atoms with van der Waals surface area (Å²) in [5.41, 5.74) is 4.42. The molecule has 0 radical (unpaired) electrons. The standard InChI is InChI=1S/C26H25FN4O3/c1-31(2)15-16-6-9-19(10-7-16)29-25(17-4-3-5-20(12-17)28-14-23(32)33)24-21-11-8-18(27)13-22(21)30-26(24)34/h3-13,28,30,34H,14-15H2,1-2H3,(H,32,33). The van der Waals surface area contributed by atoms with Gasteiger partial charge in [0.1, 0.15) is 12.4 Å². The molecule has 7 nitrogen and oxygen atoms in total. The van der Waals surface area contributed by atoms with Crippen LogP contribution < -0.4 is 5.32 Å². The molecular formula is C26H25FN4O3. The van der Waals surface area contributed by atoms with Crippen molar-refractivity contribution < 1.29 is 19.4 Å². The van der Waals surface area contributed by atoms with Gasteiger partial charge >= 0.3 is 5.97 Å². The summed E-state index contributed by atoms with van der Waals surface area (Å²) in [6.07, 6.45) is 0. The second kappa shape index (κ2) is 9.76. The molecule has 1 heterocycles. The lowest BCUT2D eigenvalue weighted by Crippen LogP contribution is -2.13. The number of carboxylic acids is 1. The molecule has 0 atom stereocenters. The number of aliphatic carboxylic acids is 1. The van der Waals surface area contributed by atoms with E-state index in [1.807, 2.05) is 44.4 Å². The summed E-state index contributed by atoms with van der Waals surface area (Å²) in [6.45, 7) is 0.559. The lowest BCUT2D eigenvalue weighted by molar-refractivity contribution is -0.134. The number of benzene rings is 3. The van der Waals surface area contributed by atoms with E-state index in [9.17, 15) is 14.3 Å². The summed E-state index contributed by atoms with van der Waals surface area (Å²) in [6, 6.07) is 19.2. The Labute approximate surface area is 196 Å². The van der Waals surface area contributed by atoms with Gasteiger partial charge in [-0.3, -0.25) is 4.79 Å². The monoisotopic (exact) mass is 460 g/mol. The van der Waals surface area contributed by atoms with E-state index in [0.29, 0.717) is 39.1 Å². The van der Waals surface area contributed by atoms with Gasteiger partial charge in [-0.05, 0) is 62.1 Å². The molecule has 0 saturated carbocycles. The molecule has 0 saturated heterocycles. The third-order valence-electron chi connectivity index (χ3n) is 5.23. The number of halogens is 1. The second-order valence-electron chi connectivity index (χ2n) is 8.23. The van der Waals surface area contributed by atoms with Crippen LogP contribution in [0.15, 0.2) is 71.7 Å². The van der Waals surface area contributed by atoms with Crippen LogP contribution in [0.25, 0.3) is 10.9 Å². The topological polar surface area (TPSA) is 101 Å². The number of nitrogens with one attached hydrogen (secondary N) is 2. The van der Waals surface area contributed by atoms with Gasteiger partial charge in [-0.15, -0.1) is 0 Å². The Balaban J connectivity index is 1.84. The van der Waals surface area contributed by atoms with Crippen LogP contribution in [0.1, 0.15) is 16.7 Å². The molecule has 0 spiro atoms. The average Bonchev–Trinajstić information content (AvgIpc) is 3.11. The molecule has 1 aromatic heterocycles. The Morgan fingerprint density at radius 2 is 1.85 bits per heavy atom. The van der Waals surface area contributed by atoms with Gasteiger partial charge in [0.15, 0.2) is 5.88 Å². The zero-order chi connectivity index (χ0) is 24.2. The Hall–Kier alpha value is -4.17. The van der Waals surface area contributed by atoms with Gasteiger partial charge in [0.2, 0.25) is 0 Å². The minimum absolute atomic E-state index is 0.132. The van der Waals surface area contributed by atoms with Gasteiger partial charge in [0.25, 0.3) is 0 Å². The zero-order valence-corrected chi connectivity index (χ0v) is 18.8. The van der Waals surface area contributed by atoms with Crippen LogP contribution in [0.2, 0.25) is 0 Å². The summed E-state index contributed by atoms with van der Waals surface area (Å²) in [5.74, 6) is -1.53. The zero-order valence-electron chi connectivity index (χ0n) is 18.8. The predicted octanol–water partition coefficient (Wildman–Crippen LogP) is 4.74. The number of nitrogens with zero attached hydrogens (tertiary/aromatic N) is 2. The van der Waals surface area contributed by atoms with Gasteiger partial charge in [-0.2, -0.15) is 0 Å². The Kier molecular flexibility index (Phi) is 6.60. The van der Waals surface area contributed by atoms with Gasteiger partial charge in [0, 0.05) is 23.2 Å². The number of hydrogen-bond donors (Lipinski definition) is 4. The smallest absolute Gasteiger partial charge is 0.322 e. The highest BCUT2D eigenvalue weighted by atomic mass is 19.1. The molecule has 34 heavy (non-hydrogen) atoms. The quantitative estimate of drug-likeness (QED) is 0.285. The van der Waals surface area contributed by atoms with Crippen LogP contribution in [0.4, 0.5) is 15.8 Å². The van der Waals surface area contributed by atoms with E-state index in [-0.39, 0.29) is 12.4 Å². The minimum Gasteiger partial charge on any atom is -0.494 e. The van der Waals surface area contributed by atoms with E-state index < -0.39 is 11.8 Å². The van der Waals surface area contributed by atoms with Gasteiger partial charge in [-0.1, -0.05) is 24.3 Å². The molecule has 0 amide bonds. The number of rotatable bonds is 8. The summed E-state index contributed by atoms with van der Waals surface area (Å²) in [4.78, 5) is 20.7. The fraction of sp³-hybridized carbons (Fsp3) is 0.154. The van der Waals surface area contributed by atoms with Crippen molar-refractivity contribution in [3.05, 3.63) is 89.2 Å². The minimum atomic E-state index is -0.978. The molecule has 4 rings (SSSR count). The number of fused-ring (bicyclic) bond motifs is 1. The summed E-state index contributed by atoms with van der Waals surface area (Å²) in [7, 11) is 4.00. The van der Waals surface area contributed by atoms with Crippen molar-refractivity contribution >= 4 is 34.0 Å². The molecule has 3 aromatic carbocycles. The number of carboxylic acid groups (broad SMARTS) is 1. The Morgan fingerprint density at radius 3 is 2.56 bits per heavy atom. The van der Waals surface area contributed by atoms with Gasteiger partial charge < -0.3 is 25.4 Å². The summed E-state index contributed by atoms with van der Waals surface area (Å²) < 4.78 is 13.8. The fourth-order valence-corrected chi connectivity index (χ4v) is 3.78. The van der Waals surface area contributed by atoms with Crippen LogP contribution in [-0.4, -0.2) is 52.4 Å². The molecule has 0 bridgehead atoms. The van der Waals surface area contributed by atoms with E-state index in [1.165, 1.54) is 12.1 Å². The van der Waals surface area contributed by atoms with E-state index in [2.05, 4.69) is 15.2 Å². The molecule has 4 aromatic rings. The molecule has 0 aliphatic heterocycles. The summed E-state index contributed by atoms with van der Waals surface area (Å²) >= 11 is 0. The van der Waals surface area contributed by atoms with Gasteiger partial charge in [0.05, 0.1) is 22.5 Å². The molecule has 8 heteroatoms. The maximum absolute atomic E-state index is 13.8. The highest BCUT2D eigenvalue weighted by Gasteiger charge is 2.19. The molecule has 0 fully saturated rings. The van der Waals surface area contributed by atoms with Crippen molar-refractivity contribution in [2.75, 3.05) is 26.0 Å². The lowest BCUT2D eigenvalue weighted by atomic mass is 10.00. The van der Waals surface area contributed by atoms with Crippen LogP contribution in [-0.2, 0) is 11.3 Å². The number of hydrogen-bond acceptors (Lipinski definition) is 5. The van der Waals surface area contributed by atoms with E-state index >= 15 is 0 Å². The maximum atomic E-state index is 13.8. The molecule has 0 aliphatic carbocycles. The first-order valence-electron chi connectivity index (χ1n) is 10.7. The normalized spacial score (nSPS) is 11.8. The molecule has 174 valence electrons. The SMILES string of the molecule is CN(C)Cc1ccc(N=C(c2cccc(NCC(=O)O)c2)c2c(O)[nH]c3cc(F)ccc23)cc1. The maximum Gasteiger partial charge on any atom is 0.322 e. The van der Waals surface area contributed by atoms with Crippen molar-refractivity contribution in [1.29, 1.82) is 0 Å². The highest BCUT2D eigenvalue weighted by molar-refractivity contribution is 6.22. The molecular weight excluding hydrogens is 435 g/mol. The van der Waals surface area contributed by atoms with Crippen molar-refractivity contribution in [2.24, 2.45) is 4.99 Å². The average molecular weight is 461 g/mol. The molecule has 4 N–H and O–H groups in total. The van der Waals surface area contributed by atoms with E-state index in [0.717, 1.165) is 12.1 Å². The van der Waals surface area contributed by atoms with Gasteiger partial charge in [-0.25, -0.2) is 9.38 Å². The Bertz CT molecular complexity index is 1360. The largest absolute Gasteiger partial charge is 0.494 e. The van der Waals surface area contributed by atoms with E-state index in [1.54, 1.807) is 24.3 Å². The fourth-order valence-electron chi connectivity index (χ4n) is 3.78. The molecule has 0 unspecified atom stereocenters. The third-order valence-corrected chi connectivity index (χ3v) is 5.23. The summed E-state index contributed by atoms with van der Waals surface area (Å²) in [5, 5.41) is 23.2. The predicted molar refractivity (Wildman–Crippen MR) is 132 cm³/mol. The second-order valence-corrected chi connectivity index (χ2v) is 8.23. The van der Waals surface area contributed by atoms with Crippen LogP contribution in [0.3, 0.4) is 0 Å². The number of aromatic amines is 1. The number of aromatic hydroxyl groups is 1. The van der Waals surface area contributed by atoms with E-state index in [4.69, 9.17) is 10.1 Å². The number of H-pyrrole nitrogens is 1. The number of carbonyl (C=O) groups is 1. The van der Waals surface area contributed by atoms with Crippen LogP contribution in [0, 0.1) is 5.82 Å². The highest BCUT2D eigenvalue weighted by Crippen LogP contribution is 2.32. The Morgan fingerprint density at radius 1 is 1.09 bits per heavy atom. The number of anilines is 1. The van der Waals surface area contributed by atoms with Crippen LogP contribution in [0.5, 0.6) is 5.88 Å². The number of aromatic nitrogens is 1. The molecule has 0 aliphatic rings. The first kappa shape index (κ1) is 23.0.